The van der Waals surface area contributed by atoms with Crippen LogP contribution in [0.3, 0.4) is 0 Å². The summed E-state index contributed by atoms with van der Waals surface area (Å²) in [6, 6.07) is 4.35. The summed E-state index contributed by atoms with van der Waals surface area (Å²) in [6.45, 7) is 0.706. The van der Waals surface area contributed by atoms with Gasteiger partial charge in [0.2, 0.25) is 0 Å². The zero-order valence-electron chi connectivity index (χ0n) is 11.3. The van der Waals surface area contributed by atoms with Gasteiger partial charge in [0.05, 0.1) is 15.7 Å². The average Bonchev–Trinajstić information content (AvgIpc) is 3.07. The number of fused-ring (bicyclic) bond motifs is 3. The van der Waals surface area contributed by atoms with Crippen LogP contribution in [0.1, 0.15) is 19.3 Å². The van der Waals surface area contributed by atoms with Crippen LogP contribution in [0.4, 0.5) is 10.5 Å². The molecule has 3 amide bonds. The van der Waals surface area contributed by atoms with Crippen molar-refractivity contribution in [2.24, 2.45) is 11.8 Å². The zero-order chi connectivity index (χ0) is 14.7. The molecule has 2 aliphatic heterocycles. The number of amides is 3. The van der Waals surface area contributed by atoms with Gasteiger partial charge in [-0.15, -0.1) is 0 Å². The molecule has 6 heteroatoms. The fourth-order valence-electron chi connectivity index (χ4n) is 4.04. The van der Waals surface area contributed by atoms with Crippen LogP contribution in [0.25, 0.3) is 0 Å². The van der Waals surface area contributed by atoms with Crippen molar-refractivity contribution in [3.8, 4) is 0 Å². The van der Waals surface area contributed by atoms with Crippen LogP contribution in [-0.4, -0.2) is 29.4 Å². The van der Waals surface area contributed by atoms with E-state index in [4.69, 9.17) is 23.2 Å². The molecule has 3 unspecified atom stereocenters. The second kappa shape index (κ2) is 4.62. The Balaban J connectivity index is 1.70. The standard InChI is InChI=1S/C15H14Cl2N2O2/c16-11-5-4-9(6-12(11)17)19-14(20)13-10-3-1-2-8(10)7-18(13)15(19)21/h4-6,8,10,13H,1-3,7H2. The smallest absolute Gasteiger partial charge is 0.311 e. The third kappa shape index (κ3) is 1.82. The molecule has 0 N–H and O–H groups in total. The van der Waals surface area contributed by atoms with Crippen LogP contribution in [0.2, 0.25) is 10.0 Å². The highest BCUT2D eigenvalue weighted by Gasteiger charge is 2.57. The first-order chi connectivity index (χ1) is 10.1. The molecule has 0 spiro atoms. The van der Waals surface area contributed by atoms with Gasteiger partial charge in [0.25, 0.3) is 5.91 Å². The lowest BCUT2D eigenvalue weighted by atomic mass is 9.93. The first-order valence-corrected chi connectivity index (χ1v) is 7.93. The van der Waals surface area contributed by atoms with E-state index in [1.54, 1.807) is 23.1 Å². The van der Waals surface area contributed by atoms with Gasteiger partial charge in [0.15, 0.2) is 0 Å². The molecule has 1 aromatic rings. The Labute approximate surface area is 132 Å². The highest BCUT2D eigenvalue weighted by Crippen LogP contribution is 2.46. The first kappa shape index (κ1) is 13.4. The van der Waals surface area contributed by atoms with Gasteiger partial charge >= 0.3 is 6.03 Å². The number of hydrogen-bond acceptors (Lipinski definition) is 2. The van der Waals surface area contributed by atoms with Crippen molar-refractivity contribution in [2.75, 3.05) is 11.4 Å². The van der Waals surface area contributed by atoms with Crippen LogP contribution >= 0.6 is 23.2 Å². The second-order valence-electron chi connectivity index (χ2n) is 6.01. The van der Waals surface area contributed by atoms with Gasteiger partial charge in [-0.2, -0.15) is 0 Å². The van der Waals surface area contributed by atoms with Crippen molar-refractivity contribution < 1.29 is 9.59 Å². The number of carbonyl (C=O) groups excluding carboxylic acids is 2. The summed E-state index contributed by atoms with van der Waals surface area (Å²) >= 11 is 11.9. The molecule has 4 nitrogen and oxygen atoms in total. The van der Waals surface area contributed by atoms with Gasteiger partial charge in [-0.3, -0.25) is 4.79 Å². The molecule has 2 saturated heterocycles. The number of anilines is 1. The number of nitrogens with zero attached hydrogens (tertiary/aromatic N) is 2. The Morgan fingerprint density at radius 2 is 1.90 bits per heavy atom. The maximum Gasteiger partial charge on any atom is 0.332 e. The number of halogens is 2. The second-order valence-corrected chi connectivity index (χ2v) is 6.82. The fourth-order valence-corrected chi connectivity index (χ4v) is 4.33. The molecule has 4 rings (SSSR count). The predicted octanol–water partition coefficient (Wildman–Crippen LogP) is 3.56. The van der Waals surface area contributed by atoms with Gasteiger partial charge in [0, 0.05) is 6.54 Å². The van der Waals surface area contributed by atoms with Crippen LogP contribution in [-0.2, 0) is 4.79 Å². The maximum atomic E-state index is 12.7. The number of hydrogen-bond donors (Lipinski definition) is 0. The Kier molecular flexibility index (Phi) is 2.95. The number of imide groups is 1. The van der Waals surface area contributed by atoms with Crippen LogP contribution in [0.5, 0.6) is 0 Å². The topological polar surface area (TPSA) is 40.6 Å². The lowest BCUT2D eigenvalue weighted by Crippen LogP contribution is -2.35. The van der Waals surface area contributed by atoms with Gasteiger partial charge in [-0.1, -0.05) is 29.6 Å². The lowest BCUT2D eigenvalue weighted by Gasteiger charge is -2.18. The summed E-state index contributed by atoms with van der Waals surface area (Å²) in [4.78, 5) is 28.3. The molecule has 0 bridgehead atoms. The Bertz CT molecular complexity index is 649. The van der Waals surface area contributed by atoms with Crippen LogP contribution < -0.4 is 4.90 Å². The monoisotopic (exact) mass is 324 g/mol. The number of benzene rings is 1. The molecule has 0 aromatic heterocycles. The maximum absolute atomic E-state index is 12.7. The lowest BCUT2D eigenvalue weighted by molar-refractivity contribution is -0.120. The molecular weight excluding hydrogens is 311 g/mol. The summed E-state index contributed by atoms with van der Waals surface area (Å²) < 4.78 is 0. The SMILES string of the molecule is O=C1C2C3CCCC3CN2C(=O)N1c1ccc(Cl)c(Cl)c1. The fraction of sp³-hybridized carbons (Fsp3) is 0.467. The molecule has 2 heterocycles. The largest absolute Gasteiger partial charge is 0.332 e. The zero-order valence-corrected chi connectivity index (χ0v) is 12.8. The summed E-state index contributed by atoms with van der Waals surface area (Å²) in [7, 11) is 0. The van der Waals surface area contributed by atoms with Crippen LogP contribution in [0, 0.1) is 11.8 Å². The number of carbonyl (C=O) groups is 2. The van der Waals surface area contributed by atoms with Crippen molar-refractivity contribution in [1.82, 2.24) is 4.90 Å². The first-order valence-electron chi connectivity index (χ1n) is 7.17. The van der Waals surface area contributed by atoms with Gasteiger partial charge in [0.1, 0.15) is 6.04 Å². The van der Waals surface area contributed by atoms with E-state index in [1.807, 2.05) is 0 Å². The molecule has 3 aliphatic rings. The van der Waals surface area contributed by atoms with E-state index in [0.29, 0.717) is 34.1 Å². The molecular formula is C15H14Cl2N2O2. The van der Waals surface area contributed by atoms with E-state index in [9.17, 15) is 9.59 Å². The van der Waals surface area contributed by atoms with E-state index >= 15 is 0 Å². The average molecular weight is 325 g/mol. The molecule has 1 aromatic carbocycles. The predicted molar refractivity (Wildman–Crippen MR) is 80.7 cm³/mol. The number of rotatable bonds is 1. The molecule has 21 heavy (non-hydrogen) atoms. The van der Waals surface area contributed by atoms with Crippen molar-refractivity contribution in [2.45, 2.75) is 25.3 Å². The van der Waals surface area contributed by atoms with E-state index in [1.165, 1.54) is 4.90 Å². The van der Waals surface area contributed by atoms with Gasteiger partial charge < -0.3 is 4.90 Å². The molecule has 110 valence electrons. The molecule has 1 saturated carbocycles. The third-order valence-electron chi connectivity index (χ3n) is 4.96. The minimum atomic E-state index is -0.278. The quantitative estimate of drug-likeness (QED) is 0.741. The van der Waals surface area contributed by atoms with Crippen molar-refractivity contribution in [3.63, 3.8) is 0 Å². The van der Waals surface area contributed by atoms with E-state index in [-0.39, 0.29) is 18.0 Å². The Morgan fingerprint density at radius 1 is 1.10 bits per heavy atom. The van der Waals surface area contributed by atoms with E-state index < -0.39 is 0 Å². The van der Waals surface area contributed by atoms with Crippen molar-refractivity contribution in [3.05, 3.63) is 28.2 Å². The van der Waals surface area contributed by atoms with E-state index in [2.05, 4.69) is 0 Å². The summed E-state index contributed by atoms with van der Waals surface area (Å²) in [5.74, 6) is 0.709. The highest BCUT2D eigenvalue weighted by atomic mass is 35.5. The molecule has 0 radical (unpaired) electrons. The normalized spacial score (nSPS) is 31.0. The van der Waals surface area contributed by atoms with Gasteiger partial charge in [-0.25, -0.2) is 9.69 Å². The third-order valence-corrected chi connectivity index (χ3v) is 5.70. The number of urea groups is 1. The molecule has 3 fully saturated rings. The van der Waals surface area contributed by atoms with E-state index in [0.717, 1.165) is 19.3 Å². The molecule has 1 aliphatic carbocycles. The van der Waals surface area contributed by atoms with Crippen LogP contribution in [0.15, 0.2) is 18.2 Å². The van der Waals surface area contributed by atoms with Crippen molar-refractivity contribution >= 4 is 40.8 Å². The summed E-state index contributed by atoms with van der Waals surface area (Å²) in [5.41, 5.74) is 0.503. The molecule has 3 atom stereocenters. The highest BCUT2D eigenvalue weighted by molar-refractivity contribution is 6.42. The minimum Gasteiger partial charge on any atom is -0.311 e. The Hall–Kier alpha value is -1.26. The van der Waals surface area contributed by atoms with Gasteiger partial charge in [-0.05, 0) is 42.9 Å². The van der Waals surface area contributed by atoms with Crippen molar-refractivity contribution in [1.29, 1.82) is 0 Å². The summed E-state index contributed by atoms with van der Waals surface area (Å²) in [5, 5.41) is 0.761. The Morgan fingerprint density at radius 3 is 2.67 bits per heavy atom. The summed E-state index contributed by atoms with van der Waals surface area (Å²) in [6.07, 6.45) is 3.33. The minimum absolute atomic E-state index is 0.118.